The maximum atomic E-state index is 13.0. The number of amides is 2. The number of aromatic nitrogens is 3. The zero-order valence-corrected chi connectivity index (χ0v) is 14.7. The van der Waals surface area contributed by atoms with E-state index in [2.05, 4.69) is 15.4 Å². The second kappa shape index (κ2) is 6.30. The third kappa shape index (κ3) is 3.38. The predicted octanol–water partition coefficient (Wildman–Crippen LogP) is 3.13. The van der Waals surface area contributed by atoms with Crippen molar-refractivity contribution in [3.63, 3.8) is 0 Å². The molecule has 1 aliphatic rings. The van der Waals surface area contributed by atoms with Crippen molar-refractivity contribution in [2.45, 2.75) is 32.6 Å². The number of hydrogen-bond donors (Lipinski definition) is 1. The molecule has 3 rings (SSSR count). The SMILES string of the molecule is Cn1cc(CNC(=O)N2CC(C)(C)C2c2cccnc2)c(C(F)(F)F)n1. The summed E-state index contributed by atoms with van der Waals surface area (Å²) in [5.74, 6) is 0. The molecule has 1 atom stereocenters. The van der Waals surface area contributed by atoms with Gasteiger partial charge in [-0.1, -0.05) is 19.9 Å². The fourth-order valence-corrected chi connectivity index (χ4v) is 3.46. The van der Waals surface area contributed by atoms with Crippen molar-refractivity contribution in [1.29, 1.82) is 0 Å². The molecule has 1 fully saturated rings. The average Bonchev–Trinajstić information content (AvgIpc) is 2.93. The van der Waals surface area contributed by atoms with Gasteiger partial charge in [-0.3, -0.25) is 9.67 Å². The lowest BCUT2D eigenvalue weighted by Crippen LogP contribution is -2.60. The summed E-state index contributed by atoms with van der Waals surface area (Å²) in [5, 5.41) is 6.02. The van der Waals surface area contributed by atoms with Crippen molar-refractivity contribution in [2.75, 3.05) is 6.54 Å². The molecule has 9 heteroatoms. The van der Waals surface area contributed by atoms with Gasteiger partial charge < -0.3 is 10.2 Å². The summed E-state index contributed by atoms with van der Waals surface area (Å²) in [5.41, 5.74) is -0.276. The van der Waals surface area contributed by atoms with E-state index in [0.29, 0.717) is 6.54 Å². The summed E-state index contributed by atoms with van der Waals surface area (Å²) in [4.78, 5) is 18.2. The van der Waals surface area contributed by atoms with Crippen molar-refractivity contribution in [1.82, 2.24) is 25.0 Å². The van der Waals surface area contributed by atoms with E-state index in [1.165, 1.54) is 13.2 Å². The Morgan fingerprint density at radius 1 is 1.42 bits per heavy atom. The summed E-state index contributed by atoms with van der Waals surface area (Å²) in [6, 6.07) is 3.11. The maximum absolute atomic E-state index is 13.0. The van der Waals surface area contributed by atoms with Gasteiger partial charge in [-0.25, -0.2) is 4.79 Å². The second-order valence-electron chi connectivity index (χ2n) is 7.14. The van der Waals surface area contributed by atoms with Crippen molar-refractivity contribution in [3.8, 4) is 0 Å². The van der Waals surface area contributed by atoms with Crippen LogP contribution >= 0.6 is 0 Å². The molecule has 2 amide bonds. The van der Waals surface area contributed by atoms with Crippen molar-refractivity contribution in [3.05, 3.63) is 47.5 Å². The smallest absolute Gasteiger partial charge is 0.334 e. The minimum Gasteiger partial charge on any atom is -0.334 e. The average molecular weight is 367 g/mol. The summed E-state index contributed by atoms with van der Waals surface area (Å²) >= 11 is 0. The molecule has 1 N–H and O–H groups in total. The van der Waals surface area contributed by atoms with Crippen LogP contribution in [0, 0.1) is 5.41 Å². The third-order valence-electron chi connectivity index (χ3n) is 4.49. The van der Waals surface area contributed by atoms with Crippen LogP contribution in [-0.4, -0.2) is 32.2 Å². The van der Waals surface area contributed by atoms with E-state index >= 15 is 0 Å². The van der Waals surface area contributed by atoms with Crippen LogP contribution in [0.3, 0.4) is 0 Å². The number of urea groups is 1. The number of nitrogens with one attached hydrogen (secondary N) is 1. The molecule has 0 aromatic carbocycles. The van der Waals surface area contributed by atoms with Crippen LogP contribution < -0.4 is 5.32 Å². The van der Waals surface area contributed by atoms with E-state index in [0.717, 1.165) is 10.2 Å². The van der Waals surface area contributed by atoms with Crippen molar-refractivity contribution < 1.29 is 18.0 Å². The Morgan fingerprint density at radius 3 is 2.73 bits per heavy atom. The first-order valence-corrected chi connectivity index (χ1v) is 8.14. The number of carbonyl (C=O) groups excluding carboxylic acids is 1. The molecule has 1 unspecified atom stereocenters. The first-order chi connectivity index (χ1) is 12.1. The van der Waals surface area contributed by atoms with E-state index in [9.17, 15) is 18.0 Å². The van der Waals surface area contributed by atoms with E-state index in [-0.39, 0.29) is 23.6 Å². The van der Waals surface area contributed by atoms with E-state index < -0.39 is 17.9 Å². The minimum atomic E-state index is -4.56. The highest BCUT2D eigenvalue weighted by Gasteiger charge is 2.49. The highest BCUT2D eigenvalue weighted by atomic mass is 19.4. The number of nitrogens with zero attached hydrogens (tertiary/aromatic N) is 4. The fourth-order valence-electron chi connectivity index (χ4n) is 3.46. The predicted molar refractivity (Wildman–Crippen MR) is 87.9 cm³/mol. The van der Waals surface area contributed by atoms with Crippen LogP contribution in [0.15, 0.2) is 30.7 Å². The fraction of sp³-hybridized carbons (Fsp3) is 0.471. The van der Waals surface area contributed by atoms with Gasteiger partial charge in [0.25, 0.3) is 0 Å². The number of alkyl halides is 3. The van der Waals surface area contributed by atoms with Gasteiger partial charge in [-0.2, -0.15) is 18.3 Å². The Kier molecular flexibility index (Phi) is 4.41. The molecule has 26 heavy (non-hydrogen) atoms. The Bertz CT molecular complexity index is 800. The molecule has 1 aliphatic heterocycles. The zero-order chi connectivity index (χ0) is 19.1. The van der Waals surface area contributed by atoms with Gasteiger partial charge in [0, 0.05) is 49.7 Å². The van der Waals surface area contributed by atoms with Crippen molar-refractivity contribution in [2.24, 2.45) is 12.5 Å². The second-order valence-corrected chi connectivity index (χ2v) is 7.14. The van der Waals surface area contributed by atoms with Crippen LogP contribution in [0.1, 0.15) is 36.7 Å². The summed E-state index contributed by atoms with van der Waals surface area (Å²) in [6.45, 7) is 4.35. The zero-order valence-electron chi connectivity index (χ0n) is 14.7. The topological polar surface area (TPSA) is 63.1 Å². The number of carbonyl (C=O) groups is 1. The van der Waals surface area contributed by atoms with Crippen molar-refractivity contribution >= 4 is 6.03 Å². The molecule has 0 saturated carbocycles. The van der Waals surface area contributed by atoms with Gasteiger partial charge in [0.1, 0.15) is 0 Å². The standard InChI is InChI=1S/C17H20F3N5O/c1-16(2)10-25(14(16)11-5-4-6-21-7-11)15(26)22-8-12-9-24(3)23-13(12)17(18,19)20/h4-7,9,14H,8,10H2,1-3H3,(H,22,26). The normalized spacial score (nSPS) is 19.2. The molecule has 6 nitrogen and oxygen atoms in total. The Balaban J connectivity index is 1.72. The number of halogens is 3. The van der Waals surface area contributed by atoms with Gasteiger partial charge in [0.2, 0.25) is 0 Å². The summed E-state index contributed by atoms with van der Waals surface area (Å²) in [6.07, 6.45) is 0.0649. The van der Waals surface area contributed by atoms with Crippen LogP contribution in [0.25, 0.3) is 0 Å². The minimum absolute atomic E-state index is 0.0638. The monoisotopic (exact) mass is 367 g/mol. The molecule has 0 aliphatic carbocycles. The highest BCUT2D eigenvalue weighted by molar-refractivity contribution is 5.76. The first kappa shape index (κ1) is 18.2. The molecule has 1 saturated heterocycles. The molecular formula is C17H20F3N5O. The Labute approximate surface area is 149 Å². The third-order valence-corrected chi connectivity index (χ3v) is 4.49. The summed E-state index contributed by atoms with van der Waals surface area (Å²) in [7, 11) is 1.41. The van der Waals surface area contributed by atoms with Gasteiger partial charge >= 0.3 is 12.2 Å². The number of rotatable bonds is 3. The number of hydrogen-bond acceptors (Lipinski definition) is 3. The first-order valence-electron chi connectivity index (χ1n) is 8.14. The molecular weight excluding hydrogens is 347 g/mol. The van der Waals surface area contributed by atoms with Gasteiger partial charge in [-0.15, -0.1) is 0 Å². The summed E-state index contributed by atoms with van der Waals surface area (Å²) < 4.78 is 40.1. The maximum Gasteiger partial charge on any atom is 0.435 e. The molecule has 0 radical (unpaired) electrons. The van der Waals surface area contributed by atoms with Crippen LogP contribution in [0.4, 0.5) is 18.0 Å². The van der Waals surface area contributed by atoms with Gasteiger partial charge in [-0.05, 0) is 11.6 Å². The van der Waals surface area contributed by atoms with E-state index in [1.54, 1.807) is 23.4 Å². The highest BCUT2D eigenvalue weighted by Crippen LogP contribution is 2.48. The molecule has 140 valence electrons. The number of pyridine rings is 1. The van der Waals surface area contributed by atoms with Crippen LogP contribution in [0.5, 0.6) is 0 Å². The Morgan fingerprint density at radius 2 is 2.15 bits per heavy atom. The largest absolute Gasteiger partial charge is 0.435 e. The lowest BCUT2D eigenvalue weighted by molar-refractivity contribution is -0.142. The molecule has 2 aromatic rings. The van der Waals surface area contributed by atoms with Crippen LogP contribution in [-0.2, 0) is 19.8 Å². The lowest BCUT2D eigenvalue weighted by Gasteiger charge is -2.54. The van der Waals surface area contributed by atoms with E-state index in [4.69, 9.17) is 0 Å². The number of aryl methyl sites for hydroxylation is 1. The van der Waals surface area contributed by atoms with Gasteiger partial charge in [0.05, 0.1) is 6.04 Å². The number of likely N-dealkylation sites (tertiary alicyclic amines) is 1. The van der Waals surface area contributed by atoms with E-state index in [1.807, 2.05) is 19.9 Å². The molecule has 2 aromatic heterocycles. The quantitative estimate of drug-likeness (QED) is 0.907. The van der Waals surface area contributed by atoms with Gasteiger partial charge in [0.15, 0.2) is 5.69 Å². The Hall–Kier alpha value is -2.58. The molecule has 0 spiro atoms. The lowest BCUT2D eigenvalue weighted by atomic mass is 9.72. The van der Waals surface area contributed by atoms with Crippen LogP contribution in [0.2, 0.25) is 0 Å². The molecule has 3 heterocycles. The molecule has 0 bridgehead atoms.